The number of carbonyl (C=O) groups excluding carboxylic acids is 3. The first kappa shape index (κ1) is 26.4. The standard InChI is InChI=1S/C29H36N4O4/c1-18-15-20-11-13-24-22(17-20)21-16-19(10-12-23(21)31-24)7-3-4-9-26(29(36)37-2)33-28(35)25(32-27(18)34)8-5-6-14-30/h3-4,10-13,16-18,25-26,31H,5-9,14-15,30H2,1-2H3,(H,32,34)(H,33,35)/t18?,25-,26-/m0/s1. The minimum atomic E-state index is -0.842. The molecule has 8 heteroatoms. The maximum Gasteiger partial charge on any atom is 0.328 e. The molecule has 0 radical (unpaired) electrons. The van der Waals surface area contributed by atoms with E-state index in [9.17, 15) is 14.4 Å². The average molecular weight is 505 g/mol. The lowest BCUT2D eigenvalue weighted by Gasteiger charge is -2.23. The van der Waals surface area contributed by atoms with Crippen LogP contribution in [0.1, 0.15) is 43.7 Å². The molecule has 1 aromatic heterocycles. The van der Waals surface area contributed by atoms with Gasteiger partial charge in [0.05, 0.1) is 7.11 Å². The molecule has 3 atom stereocenters. The molecule has 1 aliphatic heterocycles. The molecule has 1 aliphatic rings. The Morgan fingerprint density at radius 3 is 2.38 bits per heavy atom. The Kier molecular flexibility index (Phi) is 8.61. The number of esters is 1. The number of benzene rings is 2. The van der Waals surface area contributed by atoms with Crippen molar-refractivity contribution in [1.82, 2.24) is 15.6 Å². The van der Waals surface area contributed by atoms with E-state index < -0.39 is 24.0 Å². The van der Waals surface area contributed by atoms with Crippen LogP contribution < -0.4 is 16.4 Å². The predicted octanol–water partition coefficient (Wildman–Crippen LogP) is 3.27. The number of amides is 2. The molecule has 4 bridgehead atoms. The summed E-state index contributed by atoms with van der Waals surface area (Å²) in [5.74, 6) is -1.47. The van der Waals surface area contributed by atoms with Crippen molar-refractivity contribution in [2.75, 3.05) is 13.7 Å². The molecule has 8 nitrogen and oxygen atoms in total. The first-order chi connectivity index (χ1) is 17.9. The molecule has 2 amide bonds. The van der Waals surface area contributed by atoms with E-state index in [2.05, 4.69) is 45.9 Å². The molecular weight excluding hydrogens is 468 g/mol. The summed E-state index contributed by atoms with van der Waals surface area (Å²) in [6.45, 7) is 2.37. The highest BCUT2D eigenvalue weighted by Crippen LogP contribution is 2.28. The molecule has 37 heavy (non-hydrogen) atoms. The van der Waals surface area contributed by atoms with Gasteiger partial charge in [-0.1, -0.05) is 31.2 Å². The lowest BCUT2D eigenvalue weighted by atomic mass is 9.97. The number of allylic oxidation sites excluding steroid dienone is 1. The summed E-state index contributed by atoms with van der Waals surface area (Å²) in [7, 11) is 1.30. The van der Waals surface area contributed by atoms with Gasteiger partial charge in [0.25, 0.3) is 0 Å². The van der Waals surface area contributed by atoms with Crippen LogP contribution in [0.4, 0.5) is 0 Å². The van der Waals surface area contributed by atoms with Crippen molar-refractivity contribution in [3.8, 4) is 0 Å². The van der Waals surface area contributed by atoms with Crippen LogP contribution in [-0.2, 0) is 32.0 Å². The highest BCUT2D eigenvalue weighted by atomic mass is 16.5. The van der Waals surface area contributed by atoms with Crippen molar-refractivity contribution in [2.45, 2.75) is 57.5 Å². The zero-order valence-electron chi connectivity index (χ0n) is 21.5. The van der Waals surface area contributed by atoms with E-state index in [-0.39, 0.29) is 18.2 Å². The lowest BCUT2D eigenvalue weighted by molar-refractivity contribution is -0.145. The number of hydrogen-bond donors (Lipinski definition) is 4. The fourth-order valence-corrected chi connectivity index (χ4v) is 4.85. The number of H-pyrrole nitrogens is 1. The van der Waals surface area contributed by atoms with Crippen LogP contribution >= 0.6 is 0 Å². The second-order valence-corrected chi connectivity index (χ2v) is 9.83. The van der Waals surface area contributed by atoms with Gasteiger partial charge in [-0.25, -0.2) is 4.79 Å². The van der Waals surface area contributed by atoms with Gasteiger partial charge < -0.3 is 26.1 Å². The van der Waals surface area contributed by atoms with E-state index in [0.29, 0.717) is 32.2 Å². The van der Waals surface area contributed by atoms with Gasteiger partial charge >= 0.3 is 5.97 Å². The van der Waals surface area contributed by atoms with E-state index in [4.69, 9.17) is 10.5 Å². The number of nitrogens with two attached hydrogens (primary N) is 1. The molecular formula is C29H36N4O4. The fourth-order valence-electron chi connectivity index (χ4n) is 4.85. The number of aromatic nitrogens is 1. The second-order valence-electron chi connectivity index (χ2n) is 9.83. The Morgan fingerprint density at radius 2 is 1.68 bits per heavy atom. The Labute approximate surface area is 217 Å². The number of rotatable bonds is 5. The summed E-state index contributed by atoms with van der Waals surface area (Å²) >= 11 is 0. The summed E-state index contributed by atoms with van der Waals surface area (Å²) in [6.07, 6.45) is 7.26. The highest BCUT2D eigenvalue weighted by Gasteiger charge is 2.28. The molecule has 1 unspecified atom stereocenters. The van der Waals surface area contributed by atoms with Crippen LogP contribution in [0.3, 0.4) is 0 Å². The van der Waals surface area contributed by atoms with Crippen molar-refractivity contribution >= 4 is 39.6 Å². The monoisotopic (exact) mass is 504 g/mol. The number of hydrogen-bond acceptors (Lipinski definition) is 5. The Bertz CT molecular complexity index is 1310. The third-order valence-electron chi connectivity index (χ3n) is 6.99. The quantitative estimate of drug-likeness (QED) is 0.241. The maximum atomic E-state index is 13.2. The molecule has 0 saturated heterocycles. The third kappa shape index (κ3) is 6.38. The van der Waals surface area contributed by atoms with E-state index in [1.54, 1.807) is 0 Å². The molecule has 2 aromatic carbocycles. The van der Waals surface area contributed by atoms with Crippen molar-refractivity contribution in [2.24, 2.45) is 11.7 Å². The van der Waals surface area contributed by atoms with Crippen LogP contribution in [0, 0.1) is 5.92 Å². The Morgan fingerprint density at radius 1 is 0.973 bits per heavy atom. The van der Waals surface area contributed by atoms with Gasteiger partial charge in [0.2, 0.25) is 11.8 Å². The van der Waals surface area contributed by atoms with E-state index in [0.717, 1.165) is 39.4 Å². The molecule has 0 aliphatic carbocycles. The first-order valence-electron chi connectivity index (χ1n) is 13.0. The molecule has 5 N–H and O–H groups in total. The normalized spacial score (nSPS) is 21.2. The minimum absolute atomic E-state index is 0.204. The van der Waals surface area contributed by atoms with E-state index in [1.165, 1.54) is 7.11 Å². The molecule has 0 fully saturated rings. The van der Waals surface area contributed by atoms with E-state index in [1.807, 2.05) is 25.1 Å². The van der Waals surface area contributed by atoms with Crippen LogP contribution in [0.15, 0.2) is 48.6 Å². The van der Waals surface area contributed by atoms with Crippen molar-refractivity contribution < 1.29 is 19.1 Å². The largest absolute Gasteiger partial charge is 0.467 e. The summed E-state index contributed by atoms with van der Waals surface area (Å²) in [5.41, 5.74) is 9.95. The number of carbonyl (C=O) groups is 3. The van der Waals surface area contributed by atoms with Crippen molar-refractivity contribution in [3.63, 3.8) is 0 Å². The molecule has 3 aromatic rings. The molecule has 2 heterocycles. The van der Waals surface area contributed by atoms with Gasteiger partial charge in [-0.05, 0) is 80.5 Å². The SMILES string of the molecule is COC(=O)[C@@H]1CC=CCc2ccc3[nH]c4ccc(cc4c3c2)CC(C)C(=O)N[C@@H](CCCCN)C(=O)N1. The number of aromatic amines is 1. The zero-order chi connectivity index (χ0) is 26.4. The third-order valence-corrected chi connectivity index (χ3v) is 6.99. The van der Waals surface area contributed by atoms with Crippen LogP contribution in [-0.4, -0.2) is 48.5 Å². The number of nitrogens with one attached hydrogen (secondary N) is 3. The summed E-state index contributed by atoms with van der Waals surface area (Å²) < 4.78 is 4.93. The Balaban J connectivity index is 1.68. The summed E-state index contributed by atoms with van der Waals surface area (Å²) in [6, 6.07) is 11.0. The van der Waals surface area contributed by atoms with Gasteiger partial charge in [0, 0.05) is 27.7 Å². The van der Waals surface area contributed by atoms with Gasteiger partial charge in [-0.3, -0.25) is 9.59 Å². The van der Waals surface area contributed by atoms with Crippen LogP contribution in [0.5, 0.6) is 0 Å². The van der Waals surface area contributed by atoms with E-state index >= 15 is 0 Å². The smallest absolute Gasteiger partial charge is 0.328 e. The topological polar surface area (TPSA) is 126 Å². The van der Waals surface area contributed by atoms with Gasteiger partial charge in [-0.2, -0.15) is 0 Å². The number of unbranched alkanes of at least 4 members (excludes halogenated alkanes) is 1. The molecule has 0 spiro atoms. The number of ether oxygens (including phenoxy) is 1. The van der Waals surface area contributed by atoms with Crippen LogP contribution in [0.25, 0.3) is 21.8 Å². The first-order valence-corrected chi connectivity index (χ1v) is 13.0. The van der Waals surface area contributed by atoms with Crippen LogP contribution in [0.2, 0.25) is 0 Å². The van der Waals surface area contributed by atoms with Gasteiger partial charge in [0.15, 0.2) is 0 Å². The lowest BCUT2D eigenvalue weighted by Crippen LogP contribution is -2.52. The summed E-state index contributed by atoms with van der Waals surface area (Å²) in [5, 5.41) is 7.97. The van der Waals surface area contributed by atoms with Gasteiger partial charge in [-0.15, -0.1) is 0 Å². The second kappa shape index (κ2) is 12.1. The summed E-state index contributed by atoms with van der Waals surface area (Å²) in [4.78, 5) is 42.2. The van der Waals surface area contributed by atoms with Gasteiger partial charge in [0.1, 0.15) is 12.1 Å². The molecule has 196 valence electrons. The molecule has 0 saturated carbocycles. The highest BCUT2D eigenvalue weighted by molar-refractivity contribution is 6.07. The van der Waals surface area contributed by atoms with Crippen molar-refractivity contribution in [1.29, 1.82) is 0 Å². The number of methoxy groups -OCH3 is 1. The fraction of sp³-hybridized carbons (Fsp3) is 0.414. The predicted molar refractivity (Wildman–Crippen MR) is 145 cm³/mol. The average Bonchev–Trinajstić information content (AvgIpc) is 3.26. The van der Waals surface area contributed by atoms with Crippen molar-refractivity contribution in [3.05, 3.63) is 59.7 Å². The minimum Gasteiger partial charge on any atom is -0.467 e. The molecule has 4 rings (SSSR count). The number of fused-ring (bicyclic) bond motifs is 2. The maximum absolute atomic E-state index is 13.2. The Hall–Kier alpha value is -3.65. The zero-order valence-corrected chi connectivity index (χ0v) is 21.5.